The molecular weight excluding hydrogens is 228 g/mol. The molecule has 1 aromatic rings. The Labute approximate surface area is 109 Å². The van der Waals surface area contributed by atoms with Gasteiger partial charge in [0.15, 0.2) is 0 Å². The van der Waals surface area contributed by atoms with Crippen LogP contribution >= 0.6 is 11.6 Å². The Kier molecular flexibility index (Phi) is 3.17. The van der Waals surface area contributed by atoms with Gasteiger partial charge in [0, 0.05) is 5.02 Å². The van der Waals surface area contributed by atoms with Gasteiger partial charge in [-0.15, -0.1) is 0 Å². The molecule has 1 unspecified atom stereocenters. The summed E-state index contributed by atoms with van der Waals surface area (Å²) in [5.41, 5.74) is 4.64. The first kappa shape index (κ1) is 11.6. The van der Waals surface area contributed by atoms with Gasteiger partial charge < -0.3 is 0 Å². The lowest BCUT2D eigenvalue weighted by atomic mass is 9.81. The van der Waals surface area contributed by atoms with E-state index in [1.807, 2.05) is 0 Å². The van der Waals surface area contributed by atoms with E-state index in [9.17, 15) is 0 Å². The third-order valence-corrected chi connectivity index (χ3v) is 4.86. The zero-order valence-corrected chi connectivity index (χ0v) is 11.4. The largest absolute Gasteiger partial charge is 0.0840 e. The molecule has 0 spiro atoms. The molecule has 2 aliphatic rings. The highest BCUT2D eigenvalue weighted by Crippen LogP contribution is 2.39. The van der Waals surface area contributed by atoms with Crippen molar-refractivity contribution in [3.63, 3.8) is 0 Å². The summed E-state index contributed by atoms with van der Waals surface area (Å²) in [4.78, 5) is 0. The lowest BCUT2D eigenvalue weighted by Crippen LogP contribution is -2.10. The molecule has 3 rings (SSSR count). The molecule has 0 amide bonds. The van der Waals surface area contributed by atoms with E-state index >= 15 is 0 Å². The van der Waals surface area contributed by atoms with Crippen LogP contribution in [0.2, 0.25) is 5.02 Å². The number of fused-ring (bicyclic) bond motifs is 1. The maximum atomic E-state index is 6.41. The molecule has 0 aromatic heterocycles. The van der Waals surface area contributed by atoms with Gasteiger partial charge in [-0.3, -0.25) is 0 Å². The van der Waals surface area contributed by atoms with E-state index in [0.717, 1.165) is 16.9 Å². The fourth-order valence-corrected chi connectivity index (χ4v) is 3.48. The molecule has 0 heterocycles. The van der Waals surface area contributed by atoms with E-state index in [4.69, 9.17) is 11.6 Å². The monoisotopic (exact) mass is 248 g/mol. The van der Waals surface area contributed by atoms with Crippen LogP contribution in [0.5, 0.6) is 0 Å². The molecule has 1 fully saturated rings. The van der Waals surface area contributed by atoms with E-state index in [2.05, 4.69) is 19.1 Å². The van der Waals surface area contributed by atoms with E-state index in [0.29, 0.717) is 0 Å². The molecule has 1 aromatic carbocycles. The first-order valence-corrected chi connectivity index (χ1v) is 7.43. The normalized spacial score (nSPS) is 23.5. The second-order valence-corrected chi connectivity index (χ2v) is 6.28. The fraction of sp³-hybridized carbons (Fsp3) is 0.625. The zero-order valence-electron chi connectivity index (χ0n) is 10.6. The quantitative estimate of drug-likeness (QED) is 0.696. The first-order chi connectivity index (χ1) is 8.25. The lowest BCUT2D eigenvalue weighted by Gasteiger charge is -2.25. The van der Waals surface area contributed by atoms with Crippen molar-refractivity contribution in [2.45, 2.75) is 57.8 Å². The summed E-state index contributed by atoms with van der Waals surface area (Å²) >= 11 is 6.41. The van der Waals surface area contributed by atoms with Gasteiger partial charge in [0.1, 0.15) is 0 Å². The molecule has 0 saturated heterocycles. The molecule has 17 heavy (non-hydrogen) atoms. The van der Waals surface area contributed by atoms with Gasteiger partial charge in [-0.05, 0) is 66.7 Å². The van der Waals surface area contributed by atoms with Crippen LogP contribution in [0.1, 0.15) is 61.6 Å². The summed E-state index contributed by atoms with van der Waals surface area (Å²) in [6.07, 6.45) is 9.39. The number of hydrogen-bond acceptors (Lipinski definition) is 0. The van der Waals surface area contributed by atoms with Crippen molar-refractivity contribution in [2.24, 2.45) is 5.92 Å². The minimum atomic E-state index is 0.732. The molecule has 0 N–H and O–H groups in total. The standard InChI is InChI=1S/C16H21Cl/c1-11-3-2-4-14-13(11)9-10-16(17)15(14)8-7-12-5-6-12/h9-12H,2-8H2,1H3. The number of rotatable bonds is 3. The van der Waals surface area contributed by atoms with Gasteiger partial charge in [0.25, 0.3) is 0 Å². The molecule has 2 aliphatic carbocycles. The summed E-state index contributed by atoms with van der Waals surface area (Å²) < 4.78 is 0. The highest BCUT2D eigenvalue weighted by Gasteiger charge is 2.24. The van der Waals surface area contributed by atoms with Gasteiger partial charge in [0.2, 0.25) is 0 Å². The van der Waals surface area contributed by atoms with Gasteiger partial charge in [-0.2, -0.15) is 0 Å². The molecule has 0 bridgehead atoms. The van der Waals surface area contributed by atoms with Crippen LogP contribution in [0, 0.1) is 5.92 Å². The highest BCUT2D eigenvalue weighted by molar-refractivity contribution is 6.31. The summed E-state index contributed by atoms with van der Waals surface area (Å²) in [7, 11) is 0. The summed E-state index contributed by atoms with van der Waals surface area (Å²) in [6, 6.07) is 4.40. The molecule has 0 radical (unpaired) electrons. The van der Waals surface area contributed by atoms with E-state index in [1.54, 1.807) is 11.1 Å². The Morgan fingerprint density at radius 1 is 1.24 bits per heavy atom. The van der Waals surface area contributed by atoms with Crippen LogP contribution in [0.15, 0.2) is 12.1 Å². The number of benzene rings is 1. The minimum Gasteiger partial charge on any atom is -0.0840 e. The van der Waals surface area contributed by atoms with Crippen molar-refractivity contribution in [3.05, 3.63) is 33.8 Å². The minimum absolute atomic E-state index is 0.732. The van der Waals surface area contributed by atoms with Crippen LogP contribution in [0.4, 0.5) is 0 Å². The van der Waals surface area contributed by atoms with Crippen LogP contribution < -0.4 is 0 Å². The van der Waals surface area contributed by atoms with Crippen molar-refractivity contribution in [1.82, 2.24) is 0 Å². The highest BCUT2D eigenvalue weighted by atomic mass is 35.5. The van der Waals surface area contributed by atoms with Crippen LogP contribution in [0.25, 0.3) is 0 Å². The van der Waals surface area contributed by atoms with E-state index in [-0.39, 0.29) is 0 Å². The maximum absolute atomic E-state index is 6.41. The zero-order chi connectivity index (χ0) is 11.8. The summed E-state index contributed by atoms with van der Waals surface area (Å²) in [5.74, 6) is 1.73. The number of hydrogen-bond donors (Lipinski definition) is 0. The Balaban J connectivity index is 1.90. The second kappa shape index (κ2) is 4.65. The molecule has 1 heteroatoms. The third-order valence-electron chi connectivity index (χ3n) is 4.50. The Morgan fingerprint density at radius 3 is 2.82 bits per heavy atom. The number of halogens is 1. The molecule has 92 valence electrons. The van der Waals surface area contributed by atoms with Gasteiger partial charge in [-0.25, -0.2) is 0 Å². The lowest BCUT2D eigenvalue weighted by molar-refractivity contribution is 0.583. The maximum Gasteiger partial charge on any atom is 0.0440 e. The van der Waals surface area contributed by atoms with E-state index < -0.39 is 0 Å². The average molecular weight is 249 g/mol. The smallest absolute Gasteiger partial charge is 0.0440 e. The molecule has 1 atom stereocenters. The summed E-state index contributed by atoms with van der Waals surface area (Å²) in [6.45, 7) is 2.36. The summed E-state index contributed by atoms with van der Waals surface area (Å²) in [5, 5.41) is 1.01. The second-order valence-electron chi connectivity index (χ2n) is 5.87. The molecule has 0 aliphatic heterocycles. The van der Waals surface area contributed by atoms with Gasteiger partial charge >= 0.3 is 0 Å². The third kappa shape index (κ3) is 2.38. The van der Waals surface area contributed by atoms with Crippen molar-refractivity contribution >= 4 is 11.6 Å². The van der Waals surface area contributed by atoms with Gasteiger partial charge in [0.05, 0.1) is 0 Å². The Bertz CT molecular complexity index is 418. The van der Waals surface area contributed by atoms with Crippen LogP contribution in [-0.4, -0.2) is 0 Å². The average Bonchev–Trinajstić information content (AvgIpc) is 3.12. The van der Waals surface area contributed by atoms with Gasteiger partial charge in [-0.1, -0.05) is 37.4 Å². The molecule has 0 nitrogen and oxygen atoms in total. The van der Waals surface area contributed by atoms with Crippen LogP contribution in [0.3, 0.4) is 0 Å². The Hall–Kier alpha value is -0.490. The van der Waals surface area contributed by atoms with Crippen molar-refractivity contribution in [2.75, 3.05) is 0 Å². The predicted molar refractivity (Wildman–Crippen MR) is 73.9 cm³/mol. The van der Waals surface area contributed by atoms with Crippen molar-refractivity contribution in [3.8, 4) is 0 Å². The molecule has 1 saturated carbocycles. The first-order valence-electron chi connectivity index (χ1n) is 7.06. The van der Waals surface area contributed by atoms with E-state index in [1.165, 1.54) is 50.5 Å². The van der Waals surface area contributed by atoms with Crippen molar-refractivity contribution < 1.29 is 0 Å². The predicted octanol–water partition coefficient (Wildman–Crippen LogP) is 5.12. The topological polar surface area (TPSA) is 0 Å². The Morgan fingerprint density at radius 2 is 2.06 bits per heavy atom. The fourth-order valence-electron chi connectivity index (χ4n) is 3.21. The van der Waals surface area contributed by atoms with Crippen molar-refractivity contribution in [1.29, 1.82) is 0 Å². The molecular formula is C16H21Cl. The van der Waals surface area contributed by atoms with Crippen LogP contribution in [-0.2, 0) is 12.8 Å². The SMILES string of the molecule is CC1CCCc2c1ccc(Cl)c2CCC1CC1.